The monoisotopic (exact) mass is 226 g/mol. The van der Waals surface area contributed by atoms with E-state index in [0.29, 0.717) is 0 Å². The quantitative estimate of drug-likeness (QED) is 0.718. The molecule has 1 aliphatic carbocycles. The van der Waals surface area contributed by atoms with Gasteiger partial charge in [0.2, 0.25) is 0 Å². The summed E-state index contributed by atoms with van der Waals surface area (Å²) in [5.41, 5.74) is 3.62. The molecule has 0 aromatic carbocycles. The van der Waals surface area contributed by atoms with E-state index in [0.717, 1.165) is 24.6 Å². The Balaban J connectivity index is 2.25. The van der Waals surface area contributed by atoms with Crippen molar-refractivity contribution in [1.82, 2.24) is 9.78 Å². The summed E-state index contributed by atoms with van der Waals surface area (Å²) in [6, 6.07) is 0. The Labute approximate surface area is 96.6 Å². The maximum absolute atomic E-state index is 6.31. The zero-order valence-electron chi connectivity index (χ0n) is 9.76. The van der Waals surface area contributed by atoms with Gasteiger partial charge in [-0.05, 0) is 39.0 Å². The first-order valence-electron chi connectivity index (χ1n) is 5.81. The Kier molecular flexibility index (Phi) is 3.06. The number of rotatable bonds is 4. The highest BCUT2D eigenvalue weighted by molar-refractivity contribution is 6.20. The Morgan fingerprint density at radius 1 is 1.47 bits per heavy atom. The molecule has 0 radical (unpaired) electrons. The normalized spacial score (nSPS) is 18.1. The molecule has 2 rings (SSSR count). The molecule has 84 valence electrons. The van der Waals surface area contributed by atoms with E-state index in [4.69, 9.17) is 11.6 Å². The summed E-state index contributed by atoms with van der Waals surface area (Å²) in [6.45, 7) is 7.41. The van der Waals surface area contributed by atoms with Crippen LogP contribution in [0, 0.1) is 19.8 Å². The van der Waals surface area contributed by atoms with Crippen molar-refractivity contribution in [2.75, 3.05) is 0 Å². The molecule has 1 fully saturated rings. The molecule has 0 bridgehead atoms. The van der Waals surface area contributed by atoms with Crippen LogP contribution in [-0.4, -0.2) is 9.78 Å². The SMILES string of the molecule is CCC(Cl)c1c(C)nn(CC2CC2)c1C. The molecule has 1 atom stereocenters. The Bertz CT molecular complexity index is 353. The van der Waals surface area contributed by atoms with Crippen molar-refractivity contribution in [3.05, 3.63) is 17.0 Å². The van der Waals surface area contributed by atoms with Gasteiger partial charge in [0.05, 0.1) is 11.1 Å². The maximum Gasteiger partial charge on any atom is 0.0643 e. The second-order valence-electron chi connectivity index (χ2n) is 4.59. The second kappa shape index (κ2) is 4.17. The highest BCUT2D eigenvalue weighted by Gasteiger charge is 2.25. The third-order valence-electron chi connectivity index (χ3n) is 3.24. The van der Waals surface area contributed by atoms with Crippen molar-refractivity contribution >= 4 is 11.6 Å². The number of alkyl halides is 1. The number of hydrogen-bond donors (Lipinski definition) is 0. The molecule has 1 aromatic rings. The van der Waals surface area contributed by atoms with E-state index in [1.165, 1.54) is 24.1 Å². The third kappa shape index (κ3) is 2.20. The van der Waals surface area contributed by atoms with Gasteiger partial charge in [0.1, 0.15) is 0 Å². The first-order chi connectivity index (χ1) is 7.13. The van der Waals surface area contributed by atoms with Crippen molar-refractivity contribution in [3.8, 4) is 0 Å². The summed E-state index contributed by atoms with van der Waals surface area (Å²) < 4.78 is 2.15. The van der Waals surface area contributed by atoms with Crippen molar-refractivity contribution < 1.29 is 0 Å². The molecule has 0 spiro atoms. The smallest absolute Gasteiger partial charge is 0.0643 e. The van der Waals surface area contributed by atoms with E-state index in [2.05, 4.69) is 30.6 Å². The summed E-state index contributed by atoms with van der Waals surface area (Å²) in [7, 11) is 0. The van der Waals surface area contributed by atoms with Crippen molar-refractivity contribution in [1.29, 1.82) is 0 Å². The predicted octanol–water partition coefficient (Wildman–Crippen LogP) is 3.60. The number of hydrogen-bond acceptors (Lipinski definition) is 1. The Morgan fingerprint density at radius 2 is 2.13 bits per heavy atom. The van der Waals surface area contributed by atoms with E-state index in [1.54, 1.807) is 0 Å². The summed E-state index contributed by atoms with van der Waals surface area (Å²) in [5, 5.41) is 4.71. The molecule has 1 saturated carbocycles. The minimum absolute atomic E-state index is 0.123. The Morgan fingerprint density at radius 3 is 2.67 bits per heavy atom. The summed E-state index contributed by atoms with van der Waals surface area (Å²) >= 11 is 6.31. The minimum atomic E-state index is 0.123. The number of halogens is 1. The molecule has 0 N–H and O–H groups in total. The van der Waals surface area contributed by atoms with E-state index in [9.17, 15) is 0 Å². The van der Waals surface area contributed by atoms with Crippen LogP contribution in [0.1, 0.15) is 48.5 Å². The van der Waals surface area contributed by atoms with Gasteiger partial charge in [0.25, 0.3) is 0 Å². The predicted molar refractivity (Wildman–Crippen MR) is 63.3 cm³/mol. The van der Waals surface area contributed by atoms with Crippen LogP contribution in [0.3, 0.4) is 0 Å². The zero-order valence-corrected chi connectivity index (χ0v) is 10.5. The fraction of sp³-hybridized carbons (Fsp3) is 0.750. The lowest BCUT2D eigenvalue weighted by Crippen LogP contribution is -2.04. The molecule has 3 heteroatoms. The number of aryl methyl sites for hydroxylation is 1. The third-order valence-corrected chi connectivity index (χ3v) is 3.76. The average molecular weight is 227 g/mol. The molecule has 0 aliphatic heterocycles. The van der Waals surface area contributed by atoms with Gasteiger partial charge < -0.3 is 0 Å². The van der Waals surface area contributed by atoms with Gasteiger partial charge in [-0.1, -0.05) is 6.92 Å². The molecule has 1 aromatic heterocycles. The van der Waals surface area contributed by atoms with Crippen LogP contribution in [0.5, 0.6) is 0 Å². The molecular weight excluding hydrogens is 208 g/mol. The zero-order chi connectivity index (χ0) is 11.0. The van der Waals surface area contributed by atoms with Crippen LogP contribution in [0.4, 0.5) is 0 Å². The van der Waals surface area contributed by atoms with Gasteiger partial charge in [0.15, 0.2) is 0 Å². The highest BCUT2D eigenvalue weighted by Crippen LogP contribution is 2.34. The second-order valence-corrected chi connectivity index (χ2v) is 5.11. The minimum Gasteiger partial charge on any atom is -0.269 e. The van der Waals surface area contributed by atoms with Crippen molar-refractivity contribution in [2.24, 2.45) is 5.92 Å². The maximum atomic E-state index is 6.31. The molecule has 0 saturated heterocycles. The van der Waals surface area contributed by atoms with E-state index in [-0.39, 0.29) is 5.38 Å². The standard InChI is InChI=1S/C12H19ClN2/c1-4-11(13)12-8(2)14-15(9(12)3)7-10-5-6-10/h10-11H,4-7H2,1-3H3. The topological polar surface area (TPSA) is 17.8 Å². The molecule has 1 unspecified atom stereocenters. The lowest BCUT2D eigenvalue weighted by Gasteiger charge is -2.08. The number of aromatic nitrogens is 2. The van der Waals surface area contributed by atoms with Crippen LogP contribution < -0.4 is 0 Å². The van der Waals surface area contributed by atoms with Crippen LogP contribution in [0.2, 0.25) is 0 Å². The summed E-state index contributed by atoms with van der Waals surface area (Å²) in [5.74, 6) is 0.867. The van der Waals surface area contributed by atoms with E-state index < -0.39 is 0 Å². The van der Waals surface area contributed by atoms with E-state index >= 15 is 0 Å². The summed E-state index contributed by atoms with van der Waals surface area (Å²) in [6.07, 6.45) is 3.70. The lowest BCUT2D eigenvalue weighted by molar-refractivity contribution is 0.546. The van der Waals surface area contributed by atoms with Crippen LogP contribution >= 0.6 is 11.6 Å². The van der Waals surface area contributed by atoms with Gasteiger partial charge in [-0.2, -0.15) is 5.10 Å². The highest BCUT2D eigenvalue weighted by atomic mass is 35.5. The molecule has 2 nitrogen and oxygen atoms in total. The molecule has 1 heterocycles. The fourth-order valence-electron chi connectivity index (χ4n) is 2.09. The molecule has 0 amide bonds. The van der Waals surface area contributed by atoms with Gasteiger partial charge in [-0.3, -0.25) is 4.68 Å². The Hall–Kier alpha value is -0.500. The van der Waals surface area contributed by atoms with Gasteiger partial charge in [-0.25, -0.2) is 0 Å². The van der Waals surface area contributed by atoms with Gasteiger partial charge in [-0.15, -0.1) is 11.6 Å². The fourth-order valence-corrected chi connectivity index (χ4v) is 2.41. The van der Waals surface area contributed by atoms with Crippen LogP contribution in [-0.2, 0) is 6.54 Å². The average Bonchev–Trinajstić information content (AvgIpc) is 2.95. The molecule has 1 aliphatic rings. The lowest BCUT2D eigenvalue weighted by atomic mass is 10.1. The van der Waals surface area contributed by atoms with E-state index in [1.807, 2.05) is 0 Å². The number of nitrogens with zero attached hydrogens (tertiary/aromatic N) is 2. The largest absolute Gasteiger partial charge is 0.269 e. The van der Waals surface area contributed by atoms with Gasteiger partial charge >= 0.3 is 0 Å². The van der Waals surface area contributed by atoms with Gasteiger partial charge in [0, 0.05) is 17.8 Å². The first-order valence-corrected chi connectivity index (χ1v) is 6.25. The first kappa shape index (κ1) is 11.0. The molecule has 15 heavy (non-hydrogen) atoms. The van der Waals surface area contributed by atoms with Crippen LogP contribution in [0.15, 0.2) is 0 Å². The van der Waals surface area contributed by atoms with Crippen molar-refractivity contribution in [2.45, 2.75) is 52.0 Å². The van der Waals surface area contributed by atoms with Crippen LogP contribution in [0.25, 0.3) is 0 Å². The molecular formula is C12H19ClN2. The summed E-state index contributed by atoms with van der Waals surface area (Å²) in [4.78, 5) is 0. The van der Waals surface area contributed by atoms with Crippen molar-refractivity contribution in [3.63, 3.8) is 0 Å².